The molecule has 2 rings (SSSR count). The molecule has 2 heterocycles. The van der Waals surface area contributed by atoms with E-state index in [0.29, 0.717) is 18.8 Å². The number of carbonyl (C=O) groups excluding carboxylic acids is 2. The predicted molar refractivity (Wildman–Crippen MR) is 53.4 cm³/mol. The molecule has 0 fully saturated rings. The first-order valence-electron chi connectivity index (χ1n) is 4.92. The molecular formula is C10H13N3O2. The minimum absolute atomic E-state index is 0.0144. The number of aromatic nitrogens is 2. The summed E-state index contributed by atoms with van der Waals surface area (Å²) in [6, 6.07) is -0.0515. The van der Waals surface area contributed by atoms with Crippen LogP contribution in [0.25, 0.3) is 0 Å². The first kappa shape index (κ1) is 9.89. The molecule has 0 N–H and O–H groups in total. The summed E-state index contributed by atoms with van der Waals surface area (Å²) in [5.74, 6) is 0.805. The van der Waals surface area contributed by atoms with Crippen molar-refractivity contribution in [3.63, 3.8) is 0 Å². The Balaban J connectivity index is 2.42. The van der Waals surface area contributed by atoms with Crippen molar-refractivity contribution in [3.8, 4) is 0 Å². The lowest BCUT2D eigenvalue weighted by Gasteiger charge is -2.31. The van der Waals surface area contributed by atoms with E-state index in [9.17, 15) is 9.59 Å². The predicted octanol–water partition coefficient (Wildman–Crippen LogP) is 0.619. The maximum Gasteiger partial charge on any atom is 0.210 e. The van der Waals surface area contributed by atoms with Crippen molar-refractivity contribution in [1.82, 2.24) is 14.5 Å². The lowest BCUT2D eigenvalue weighted by molar-refractivity contribution is -0.121. The topological polar surface area (TPSA) is 55.2 Å². The molecule has 0 bridgehead atoms. The molecule has 1 amide bonds. The molecule has 15 heavy (non-hydrogen) atoms. The van der Waals surface area contributed by atoms with Gasteiger partial charge in [0.05, 0.1) is 12.2 Å². The van der Waals surface area contributed by atoms with Crippen molar-refractivity contribution in [2.45, 2.75) is 26.4 Å². The van der Waals surface area contributed by atoms with Gasteiger partial charge in [-0.2, -0.15) is 0 Å². The van der Waals surface area contributed by atoms with Crippen LogP contribution in [0, 0.1) is 0 Å². The van der Waals surface area contributed by atoms with Crippen LogP contribution in [0.2, 0.25) is 0 Å². The zero-order valence-electron chi connectivity index (χ0n) is 8.80. The van der Waals surface area contributed by atoms with Crippen LogP contribution in [0.1, 0.15) is 36.2 Å². The summed E-state index contributed by atoms with van der Waals surface area (Å²) in [5.41, 5.74) is 0.627. The Bertz CT molecular complexity index is 411. The number of nitrogens with zero attached hydrogens (tertiary/aromatic N) is 3. The Labute approximate surface area is 87.7 Å². The van der Waals surface area contributed by atoms with Crippen LogP contribution in [-0.2, 0) is 11.3 Å². The van der Waals surface area contributed by atoms with Crippen LogP contribution in [0.4, 0.5) is 0 Å². The lowest BCUT2D eigenvalue weighted by Crippen LogP contribution is -2.36. The van der Waals surface area contributed by atoms with Gasteiger partial charge in [-0.1, -0.05) is 0 Å². The van der Waals surface area contributed by atoms with Gasteiger partial charge in [-0.3, -0.25) is 9.59 Å². The van der Waals surface area contributed by atoms with E-state index < -0.39 is 0 Å². The second kappa shape index (κ2) is 3.49. The maximum atomic E-state index is 11.3. The molecule has 5 nitrogen and oxygen atoms in total. The highest BCUT2D eigenvalue weighted by atomic mass is 16.1. The Morgan fingerprint density at radius 2 is 2.33 bits per heavy atom. The molecule has 0 spiro atoms. The molecule has 0 aromatic carbocycles. The van der Waals surface area contributed by atoms with Gasteiger partial charge in [0.25, 0.3) is 0 Å². The van der Waals surface area contributed by atoms with Crippen molar-refractivity contribution in [1.29, 1.82) is 0 Å². The van der Waals surface area contributed by atoms with Gasteiger partial charge in [0.2, 0.25) is 6.41 Å². The molecule has 0 aliphatic carbocycles. The van der Waals surface area contributed by atoms with Gasteiger partial charge in [-0.15, -0.1) is 0 Å². The molecule has 0 saturated carbocycles. The van der Waals surface area contributed by atoms with E-state index in [2.05, 4.69) is 4.98 Å². The van der Waals surface area contributed by atoms with Crippen molar-refractivity contribution >= 4 is 12.2 Å². The second-order valence-electron chi connectivity index (χ2n) is 3.73. The van der Waals surface area contributed by atoms with Gasteiger partial charge < -0.3 is 9.47 Å². The number of Topliss-reactive ketones (excluding diaryl/α,β-unsaturated/α-hetero) is 1. The van der Waals surface area contributed by atoms with Crippen molar-refractivity contribution < 1.29 is 9.59 Å². The molecule has 5 heteroatoms. The summed E-state index contributed by atoms with van der Waals surface area (Å²) in [6.07, 6.45) is 2.42. The smallest absolute Gasteiger partial charge is 0.210 e. The normalized spacial score (nSPS) is 19.9. The summed E-state index contributed by atoms with van der Waals surface area (Å²) in [7, 11) is 0. The summed E-state index contributed by atoms with van der Waals surface area (Å²) in [5, 5.41) is 0. The molecule has 1 unspecified atom stereocenters. The third kappa shape index (κ3) is 1.44. The fraction of sp³-hybridized carbons (Fsp3) is 0.500. The monoisotopic (exact) mass is 207 g/mol. The molecule has 1 aliphatic heterocycles. The van der Waals surface area contributed by atoms with Crippen molar-refractivity contribution in [2.24, 2.45) is 0 Å². The van der Waals surface area contributed by atoms with Gasteiger partial charge in [0.15, 0.2) is 5.78 Å². The molecule has 80 valence electrons. The van der Waals surface area contributed by atoms with Gasteiger partial charge in [0, 0.05) is 20.0 Å². The van der Waals surface area contributed by atoms with E-state index in [0.717, 1.165) is 12.2 Å². The maximum absolute atomic E-state index is 11.3. The summed E-state index contributed by atoms with van der Waals surface area (Å²) < 4.78 is 1.90. The number of imidazole rings is 1. The average Bonchev–Trinajstić information content (AvgIpc) is 2.62. The van der Waals surface area contributed by atoms with Crippen LogP contribution in [-0.4, -0.2) is 33.2 Å². The van der Waals surface area contributed by atoms with E-state index in [1.165, 1.54) is 6.92 Å². The van der Waals surface area contributed by atoms with Gasteiger partial charge >= 0.3 is 0 Å². The molecule has 0 radical (unpaired) electrons. The number of fused-ring (bicyclic) bond motifs is 1. The standard InChI is InChI=1S/C10H13N3O2/c1-7-10-11-5-9(8(2)15)13(10)4-3-12(7)6-14/h5-7H,3-4H2,1-2H3. The fourth-order valence-corrected chi connectivity index (χ4v) is 1.94. The minimum atomic E-state index is -0.0515. The molecule has 1 aromatic rings. The quantitative estimate of drug-likeness (QED) is 0.527. The number of carbonyl (C=O) groups is 2. The SMILES string of the molecule is CC(=O)c1cnc2n1CCN(C=O)C2C. The highest BCUT2D eigenvalue weighted by Crippen LogP contribution is 2.23. The van der Waals surface area contributed by atoms with Gasteiger partial charge in [0.1, 0.15) is 11.5 Å². The molecular weight excluding hydrogens is 194 g/mol. The molecule has 1 aromatic heterocycles. The summed E-state index contributed by atoms with van der Waals surface area (Å²) >= 11 is 0. The lowest BCUT2D eigenvalue weighted by atomic mass is 10.2. The zero-order chi connectivity index (χ0) is 11.0. The van der Waals surface area contributed by atoms with Crippen molar-refractivity contribution in [3.05, 3.63) is 17.7 Å². The number of amides is 1. The van der Waals surface area contributed by atoms with E-state index in [1.807, 2.05) is 11.5 Å². The number of ketones is 1. The highest BCUT2D eigenvalue weighted by Gasteiger charge is 2.26. The Hall–Kier alpha value is -1.65. The minimum Gasteiger partial charge on any atom is -0.334 e. The van der Waals surface area contributed by atoms with Crippen LogP contribution in [0.5, 0.6) is 0 Å². The average molecular weight is 207 g/mol. The number of hydrogen-bond acceptors (Lipinski definition) is 3. The highest BCUT2D eigenvalue weighted by molar-refractivity contribution is 5.92. The van der Waals surface area contributed by atoms with E-state index in [1.54, 1.807) is 11.1 Å². The van der Waals surface area contributed by atoms with E-state index >= 15 is 0 Å². The van der Waals surface area contributed by atoms with Crippen molar-refractivity contribution in [2.75, 3.05) is 6.54 Å². The summed E-state index contributed by atoms with van der Waals surface area (Å²) in [6.45, 7) is 4.72. The third-order valence-corrected chi connectivity index (χ3v) is 2.84. The second-order valence-corrected chi connectivity index (χ2v) is 3.73. The Kier molecular flexibility index (Phi) is 2.30. The van der Waals surface area contributed by atoms with Crippen LogP contribution >= 0.6 is 0 Å². The largest absolute Gasteiger partial charge is 0.334 e. The molecule has 1 aliphatic rings. The first-order chi connectivity index (χ1) is 7.15. The fourth-order valence-electron chi connectivity index (χ4n) is 1.94. The first-order valence-corrected chi connectivity index (χ1v) is 4.92. The molecule has 0 saturated heterocycles. The van der Waals surface area contributed by atoms with Crippen LogP contribution in [0.3, 0.4) is 0 Å². The van der Waals surface area contributed by atoms with Crippen LogP contribution in [0.15, 0.2) is 6.20 Å². The summed E-state index contributed by atoms with van der Waals surface area (Å²) in [4.78, 5) is 27.9. The third-order valence-electron chi connectivity index (χ3n) is 2.84. The Morgan fingerprint density at radius 1 is 1.60 bits per heavy atom. The van der Waals surface area contributed by atoms with Gasteiger partial charge in [-0.25, -0.2) is 4.98 Å². The van der Waals surface area contributed by atoms with E-state index in [-0.39, 0.29) is 11.8 Å². The Morgan fingerprint density at radius 3 is 2.93 bits per heavy atom. The van der Waals surface area contributed by atoms with E-state index in [4.69, 9.17) is 0 Å². The zero-order valence-corrected chi connectivity index (χ0v) is 8.80. The number of rotatable bonds is 2. The van der Waals surface area contributed by atoms with Crippen LogP contribution < -0.4 is 0 Å². The molecule has 1 atom stereocenters. The number of hydrogen-bond donors (Lipinski definition) is 0. The van der Waals surface area contributed by atoms with Gasteiger partial charge in [-0.05, 0) is 6.92 Å².